The van der Waals surface area contributed by atoms with Crippen LogP contribution >= 0.6 is 0 Å². The highest BCUT2D eigenvalue weighted by Crippen LogP contribution is 2.25. The molecule has 154 valence electrons. The van der Waals surface area contributed by atoms with Crippen LogP contribution in [-0.4, -0.2) is 74.7 Å². The van der Waals surface area contributed by atoms with Gasteiger partial charge >= 0.3 is 0 Å². The maximum Gasteiger partial charge on any atom is 0.227 e. The number of amides is 2. The summed E-state index contributed by atoms with van der Waals surface area (Å²) in [5.74, 6) is 0.896. The van der Waals surface area contributed by atoms with E-state index in [9.17, 15) is 9.59 Å². The minimum atomic E-state index is -0.0365. The van der Waals surface area contributed by atoms with E-state index in [-0.39, 0.29) is 17.7 Å². The summed E-state index contributed by atoms with van der Waals surface area (Å²) in [5, 5.41) is 2.95. The second-order valence-corrected chi connectivity index (χ2v) is 7.58. The van der Waals surface area contributed by atoms with Gasteiger partial charge in [-0.25, -0.2) is 0 Å². The number of nitrogens with one attached hydrogen (secondary N) is 1. The van der Waals surface area contributed by atoms with E-state index in [0.717, 1.165) is 31.5 Å². The van der Waals surface area contributed by atoms with Crippen LogP contribution < -0.4 is 10.1 Å². The summed E-state index contributed by atoms with van der Waals surface area (Å²) in [6.45, 7) is 6.95. The number of likely N-dealkylation sites (tertiary alicyclic amines) is 1. The van der Waals surface area contributed by atoms with Gasteiger partial charge in [-0.3, -0.25) is 9.59 Å². The molecular formula is C21H31N3O4. The quantitative estimate of drug-likeness (QED) is 0.805. The number of piperidine rings is 1. The molecule has 1 aromatic rings. The largest absolute Gasteiger partial charge is 0.495 e. The highest BCUT2D eigenvalue weighted by atomic mass is 16.5. The molecule has 1 aromatic carbocycles. The van der Waals surface area contributed by atoms with Crippen LogP contribution in [0.2, 0.25) is 0 Å². The number of methoxy groups -OCH3 is 1. The van der Waals surface area contributed by atoms with Crippen LogP contribution in [0.4, 0.5) is 5.69 Å². The van der Waals surface area contributed by atoms with E-state index in [0.29, 0.717) is 50.7 Å². The number of anilines is 1. The van der Waals surface area contributed by atoms with Crippen molar-refractivity contribution in [1.82, 2.24) is 9.80 Å². The number of carbonyl (C=O) groups is 2. The zero-order valence-corrected chi connectivity index (χ0v) is 16.9. The molecule has 0 aromatic heterocycles. The molecule has 1 atom stereocenters. The summed E-state index contributed by atoms with van der Waals surface area (Å²) in [7, 11) is 1.60. The Kier molecular flexibility index (Phi) is 7.28. The third-order valence-electron chi connectivity index (χ3n) is 5.46. The summed E-state index contributed by atoms with van der Waals surface area (Å²) in [6.07, 6.45) is 2.32. The molecule has 2 heterocycles. The van der Waals surface area contributed by atoms with Crippen molar-refractivity contribution in [2.45, 2.75) is 26.2 Å². The first-order chi connectivity index (χ1) is 13.6. The predicted molar refractivity (Wildman–Crippen MR) is 108 cm³/mol. The fourth-order valence-electron chi connectivity index (χ4n) is 3.89. The van der Waals surface area contributed by atoms with Gasteiger partial charge in [-0.2, -0.15) is 0 Å². The minimum absolute atomic E-state index is 0.0341. The van der Waals surface area contributed by atoms with Gasteiger partial charge in [-0.1, -0.05) is 6.07 Å². The molecule has 2 amide bonds. The number of nitrogens with zero attached hydrogens (tertiary/aromatic N) is 2. The number of morpholine rings is 1. The maximum absolute atomic E-state index is 12.7. The molecule has 0 bridgehead atoms. The highest BCUT2D eigenvalue weighted by Gasteiger charge is 2.30. The Morgan fingerprint density at radius 1 is 1.25 bits per heavy atom. The Labute approximate surface area is 167 Å². The van der Waals surface area contributed by atoms with Crippen LogP contribution in [0.5, 0.6) is 5.75 Å². The van der Waals surface area contributed by atoms with Crippen molar-refractivity contribution >= 4 is 17.5 Å². The Morgan fingerprint density at radius 2 is 2.04 bits per heavy atom. The molecule has 7 nitrogen and oxygen atoms in total. The number of hydrogen-bond acceptors (Lipinski definition) is 5. The lowest BCUT2D eigenvalue weighted by atomic mass is 9.96. The standard InChI is InChI=1S/C21H31N3O4/c1-16-5-6-19(27-2)18(14-16)22-20(25)7-9-23-8-3-4-17(15-23)21(26)24-10-12-28-13-11-24/h5-6,14,17H,3-4,7-13,15H2,1-2H3,(H,22,25)/t17-/m0/s1. The second-order valence-electron chi connectivity index (χ2n) is 7.58. The zero-order valence-electron chi connectivity index (χ0n) is 16.9. The van der Waals surface area contributed by atoms with E-state index < -0.39 is 0 Å². The molecular weight excluding hydrogens is 358 g/mol. The van der Waals surface area contributed by atoms with Gasteiger partial charge in [0.2, 0.25) is 11.8 Å². The Morgan fingerprint density at radius 3 is 2.79 bits per heavy atom. The van der Waals surface area contributed by atoms with Crippen molar-refractivity contribution in [2.24, 2.45) is 5.92 Å². The maximum atomic E-state index is 12.7. The lowest BCUT2D eigenvalue weighted by molar-refractivity contribution is -0.141. The third-order valence-corrected chi connectivity index (χ3v) is 5.46. The monoisotopic (exact) mass is 389 g/mol. The topological polar surface area (TPSA) is 71.1 Å². The fourth-order valence-corrected chi connectivity index (χ4v) is 3.89. The number of ether oxygens (including phenoxy) is 2. The van der Waals surface area contributed by atoms with Gasteiger partial charge < -0.3 is 24.6 Å². The van der Waals surface area contributed by atoms with E-state index in [2.05, 4.69) is 10.2 Å². The minimum Gasteiger partial charge on any atom is -0.495 e. The van der Waals surface area contributed by atoms with Gasteiger partial charge in [-0.15, -0.1) is 0 Å². The molecule has 28 heavy (non-hydrogen) atoms. The number of benzene rings is 1. The first kappa shape index (κ1) is 20.6. The van der Waals surface area contributed by atoms with E-state index >= 15 is 0 Å². The molecule has 1 N–H and O–H groups in total. The number of hydrogen-bond donors (Lipinski definition) is 1. The molecule has 0 unspecified atom stereocenters. The molecule has 2 aliphatic rings. The molecule has 3 rings (SSSR count). The zero-order chi connectivity index (χ0) is 19.9. The third kappa shape index (κ3) is 5.45. The van der Waals surface area contributed by atoms with Gasteiger partial charge in [0, 0.05) is 32.6 Å². The summed E-state index contributed by atoms with van der Waals surface area (Å²) in [4.78, 5) is 29.3. The lowest BCUT2D eigenvalue weighted by Crippen LogP contribution is -2.48. The Balaban J connectivity index is 1.48. The predicted octanol–water partition coefficient (Wildman–Crippen LogP) is 1.90. The smallest absolute Gasteiger partial charge is 0.227 e. The summed E-state index contributed by atoms with van der Waals surface area (Å²) < 4.78 is 10.7. The van der Waals surface area contributed by atoms with Crippen LogP contribution in [0, 0.1) is 12.8 Å². The van der Waals surface area contributed by atoms with Crippen LogP contribution in [0.15, 0.2) is 18.2 Å². The van der Waals surface area contributed by atoms with Crippen molar-refractivity contribution in [3.05, 3.63) is 23.8 Å². The van der Waals surface area contributed by atoms with E-state index in [1.54, 1.807) is 7.11 Å². The van der Waals surface area contributed by atoms with E-state index in [1.165, 1.54) is 0 Å². The Bertz CT molecular complexity index is 688. The molecule has 2 fully saturated rings. The SMILES string of the molecule is COc1ccc(C)cc1NC(=O)CCN1CCC[C@H](C(=O)N2CCOCC2)C1. The average Bonchev–Trinajstić information content (AvgIpc) is 2.73. The van der Waals surface area contributed by atoms with Gasteiger partial charge in [-0.05, 0) is 44.0 Å². The Hall–Kier alpha value is -2.12. The van der Waals surface area contributed by atoms with Crippen molar-refractivity contribution in [3.8, 4) is 5.75 Å². The molecule has 2 saturated heterocycles. The van der Waals surface area contributed by atoms with Crippen LogP contribution in [0.1, 0.15) is 24.8 Å². The molecule has 7 heteroatoms. The van der Waals surface area contributed by atoms with Crippen molar-refractivity contribution in [1.29, 1.82) is 0 Å². The van der Waals surface area contributed by atoms with Crippen molar-refractivity contribution < 1.29 is 19.1 Å². The molecule has 0 spiro atoms. The van der Waals surface area contributed by atoms with Crippen LogP contribution in [0.25, 0.3) is 0 Å². The lowest BCUT2D eigenvalue weighted by Gasteiger charge is -2.36. The van der Waals surface area contributed by atoms with E-state index in [1.807, 2.05) is 30.0 Å². The normalized spacial score (nSPS) is 20.6. The molecule has 0 aliphatic carbocycles. The first-order valence-electron chi connectivity index (χ1n) is 10.1. The molecule has 0 saturated carbocycles. The first-order valence-corrected chi connectivity index (χ1v) is 10.1. The molecule has 0 radical (unpaired) electrons. The average molecular weight is 389 g/mol. The van der Waals surface area contributed by atoms with Gasteiger partial charge in [0.15, 0.2) is 0 Å². The number of rotatable bonds is 6. The number of carbonyl (C=O) groups excluding carboxylic acids is 2. The summed E-state index contributed by atoms with van der Waals surface area (Å²) in [6, 6.07) is 5.72. The number of aryl methyl sites for hydroxylation is 1. The fraction of sp³-hybridized carbons (Fsp3) is 0.619. The molecule has 2 aliphatic heterocycles. The van der Waals surface area contributed by atoms with Gasteiger partial charge in [0.25, 0.3) is 0 Å². The summed E-state index contributed by atoms with van der Waals surface area (Å²) in [5.41, 5.74) is 1.77. The highest BCUT2D eigenvalue weighted by molar-refractivity contribution is 5.92. The van der Waals surface area contributed by atoms with Crippen molar-refractivity contribution in [2.75, 3.05) is 58.4 Å². The summed E-state index contributed by atoms with van der Waals surface area (Å²) >= 11 is 0. The van der Waals surface area contributed by atoms with Crippen LogP contribution in [0.3, 0.4) is 0 Å². The van der Waals surface area contributed by atoms with Crippen molar-refractivity contribution in [3.63, 3.8) is 0 Å². The van der Waals surface area contributed by atoms with Gasteiger partial charge in [0.1, 0.15) is 5.75 Å². The van der Waals surface area contributed by atoms with E-state index in [4.69, 9.17) is 9.47 Å². The van der Waals surface area contributed by atoms with Crippen LogP contribution in [-0.2, 0) is 14.3 Å². The second kappa shape index (κ2) is 9.89. The van der Waals surface area contributed by atoms with Gasteiger partial charge in [0.05, 0.1) is 31.9 Å².